The summed E-state index contributed by atoms with van der Waals surface area (Å²) >= 11 is 0. The zero-order valence-corrected chi connectivity index (χ0v) is 10.1. The van der Waals surface area contributed by atoms with Crippen LogP contribution in [0.15, 0.2) is 47.6 Å². The van der Waals surface area contributed by atoms with E-state index in [0.29, 0.717) is 17.2 Å². The number of pyridine rings is 1. The van der Waals surface area contributed by atoms with Gasteiger partial charge in [-0.2, -0.15) is 10.1 Å². The van der Waals surface area contributed by atoms with Gasteiger partial charge in [0.05, 0.1) is 0 Å². The van der Waals surface area contributed by atoms with Crippen LogP contribution < -0.4 is 27.6 Å². The van der Waals surface area contributed by atoms with Crippen LogP contribution in [0, 0.1) is 0 Å². The lowest BCUT2D eigenvalue weighted by Crippen LogP contribution is -2.32. The number of hydrogen-bond acceptors (Lipinski definition) is 6. The Morgan fingerprint density at radius 3 is 2.58 bits per heavy atom. The summed E-state index contributed by atoms with van der Waals surface area (Å²) in [6, 6.07) is 12.4. The van der Waals surface area contributed by atoms with Crippen LogP contribution in [0.1, 0.15) is 5.56 Å². The second-order valence-electron chi connectivity index (χ2n) is 3.66. The molecule has 0 saturated carbocycles. The molecule has 0 saturated heterocycles. The SMILES string of the molecule is N/N=C(\NN)c1cc(N)nc(Oc2ccccc2)c1. The number of para-hydroxylation sites is 1. The van der Waals surface area contributed by atoms with Gasteiger partial charge in [-0.3, -0.25) is 0 Å². The number of anilines is 1. The Morgan fingerprint density at radius 1 is 1.21 bits per heavy atom. The predicted molar refractivity (Wildman–Crippen MR) is 73.2 cm³/mol. The third kappa shape index (κ3) is 3.11. The molecule has 1 aromatic carbocycles. The van der Waals surface area contributed by atoms with Crippen LogP contribution in [0.2, 0.25) is 0 Å². The first kappa shape index (κ1) is 12.7. The minimum atomic E-state index is 0.278. The van der Waals surface area contributed by atoms with Crippen molar-refractivity contribution in [1.82, 2.24) is 10.4 Å². The van der Waals surface area contributed by atoms with Crippen LogP contribution in [0.25, 0.3) is 0 Å². The molecule has 0 fully saturated rings. The fourth-order valence-corrected chi connectivity index (χ4v) is 1.52. The van der Waals surface area contributed by atoms with Crippen LogP contribution in [-0.2, 0) is 0 Å². The van der Waals surface area contributed by atoms with E-state index in [-0.39, 0.29) is 11.7 Å². The van der Waals surface area contributed by atoms with Crippen molar-refractivity contribution in [1.29, 1.82) is 0 Å². The second-order valence-corrected chi connectivity index (χ2v) is 3.66. The van der Waals surface area contributed by atoms with E-state index < -0.39 is 0 Å². The first-order valence-corrected chi connectivity index (χ1v) is 5.48. The van der Waals surface area contributed by atoms with Gasteiger partial charge >= 0.3 is 0 Å². The van der Waals surface area contributed by atoms with Crippen molar-refractivity contribution >= 4 is 11.7 Å². The maximum Gasteiger partial charge on any atom is 0.221 e. The Kier molecular flexibility index (Phi) is 3.79. The van der Waals surface area contributed by atoms with E-state index in [2.05, 4.69) is 15.5 Å². The fourth-order valence-electron chi connectivity index (χ4n) is 1.52. The van der Waals surface area contributed by atoms with Gasteiger partial charge < -0.3 is 21.7 Å². The molecule has 7 nitrogen and oxygen atoms in total. The Labute approximate surface area is 110 Å². The number of rotatable bonds is 3. The Bertz CT molecular complexity index is 584. The van der Waals surface area contributed by atoms with E-state index in [4.69, 9.17) is 22.2 Å². The highest BCUT2D eigenvalue weighted by Gasteiger charge is 2.07. The van der Waals surface area contributed by atoms with Crippen molar-refractivity contribution in [2.24, 2.45) is 16.8 Å². The van der Waals surface area contributed by atoms with E-state index in [1.54, 1.807) is 12.1 Å². The summed E-state index contributed by atoms with van der Waals surface area (Å²) in [6.45, 7) is 0. The molecule has 0 radical (unpaired) electrons. The molecule has 2 aromatic rings. The summed E-state index contributed by atoms with van der Waals surface area (Å²) in [4.78, 5) is 4.07. The summed E-state index contributed by atoms with van der Waals surface area (Å²) in [5, 5.41) is 3.51. The van der Waals surface area contributed by atoms with Gasteiger partial charge in [0.2, 0.25) is 5.88 Å². The van der Waals surface area contributed by atoms with E-state index in [1.807, 2.05) is 30.3 Å². The number of nitrogens with two attached hydrogens (primary N) is 3. The van der Waals surface area contributed by atoms with Gasteiger partial charge in [-0.25, -0.2) is 5.84 Å². The zero-order chi connectivity index (χ0) is 13.7. The monoisotopic (exact) mass is 258 g/mol. The lowest BCUT2D eigenvalue weighted by Gasteiger charge is -2.09. The summed E-state index contributed by atoms with van der Waals surface area (Å²) in [5.74, 6) is 12.1. The number of hydrogen-bond donors (Lipinski definition) is 4. The number of aromatic nitrogens is 1. The highest BCUT2D eigenvalue weighted by molar-refractivity contribution is 5.98. The Morgan fingerprint density at radius 2 is 1.95 bits per heavy atom. The van der Waals surface area contributed by atoms with Crippen molar-refractivity contribution in [3.63, 3.8) is 0 Å². The number of hydrazone groups is 1. The van der Waals surface area contributed by atoms with Gasteiger partial charge in [0.25, 0.3) is 0 Å². The molecule has 0 bridgehead atoms. The molecule has 7 N–H and O–H groups in total. The molecule has 0 spiro atoms. The molecule has 1 aromatic heterocycles. The molecular weight excluding hydrogens is 244 g/mol. The lowest BCUT2D eigenvalue weighted by molar-refractivity contribution is 0.463. The summed E-state index contributed by atoms with van der Waals surface area (Å²) < 4.78 is 5.58. The third-order valence-electron chi connectivity index (χ3n) is 2.33. The third-order valence-corrected chi connectivity index (χ3v) is 2.33. The minimum Gasteiger partial charge on any atom is -0.439 e. The smallest absolute Gasteiger partial charge is 0.221 e. The van der Waals surface area contributed by atoms with Crippen LogP contribution in [0.4, 0.5) is 5.82 Å². The van der Waals surface area contributed by atoms with Gasteiger partial charge in [-0.05, 0) is 18.2 Å². The molecule has 19 heavy (non-hydrogen) atoms. The van der Waals surface area contributed by atoms with Crippen molar-refractivity contribution in [2.45, 2.75) is 0 Å². The second kappa shape index (κ2) is 5.69. The molecule has 2 rings (SSSR count). The standard InChI is InChI=1S/C12H14N6O/c13-10-6-8(12(17-14)18-15)7-11(16-10)19-9-4-2-1-3-5-9/h1-7H,14-15H2,(H2,13,16)(H,17,18). The van der Waals surface area contributed by atoms with Gasteiger partial charge in [-0.1, -0.05) is 18.2 Å². The molecule has 0 atom stereocenters. The lowest BCUT2D eigenvalue weighted by atomic mass is 10.2. The number of nitrogen functional groups attached to an aromatic ring is 1. The zero-order valence-electron chi connectivity index (χ0n) is 10.1. The first-order chi connectivity index (χ1) is 9.22. The average Bonchev–Trinajstić information content (AvgIpc) is 2.40. The van der Waals surface area contributed by atoms with Gasteiger partial charge in [0.1, 0.15) is 11.6 Å². The van der Waals surface area contributed by atoms with Crippen LogP contribution in [-0.4, -0.2) is 10.8 Å². The summed E-state index contributed by atoms with van der Waals surface area (Å²) in [7, 11) is 0. The van der Waals surface area contributed by atoms with E-state index in [0.717, 1.165) is 0 Å². The van der Waals surface area contributed by atoms with Crippen LogP contribution >= 0.6 is 0 Å². The van der Waals surface area contributed by atoms with Gasteiger partial charge in [0, 0.05) is 11.6 Å². The molecule has 0 unspecified atom stereocenters. The minimum absolute atomic E-state index is 0.278. The molecule has 1 heterocycles. The maximum atomic E-state index is 5.70. The quantitative estimate of drug-likeness (QED) is 0.275. The highest BCUT2D eigenvalue weighted by Crippen LogP contribution is 2.21. The van der Waals surface area contributed by atoms with E-state index in [9.17, 15) is 0 Å². The summed E-state index contributed by atoms with van der Waals surface area (Å²) in [6.07, 6.45) is 0. The molecule has 7 heteroatoms. The summed E-state index contributed by atoms with van der Waals surface area (Å²) in [5.41, 5.74) is 8.66. The number of amidine groups is 1. The molecular formula is C12H14N6O. The number of nitrogens with one attached hydrogen (secondary N) is 1. The molecule has 0 aliphatic rings. The average molecular weight is 258 g/mol. The van der Waals surface area contributed by atoms with Gasteiger partial charge in [-0.15, -0.1) is 0 Å². The van der Waals surface area contributed by atoms with Crippen molar-refractivity contribution in [3.05, 3.63) is 48.0 Å². The Hall–Kier alpha value is -2.80. The molecule has 0 aliphatic heterocycles. The number of benzene rings is 1. The van der Waals surface area contributed by atoms with Crippen LogP contribution in [0.3, 0.4) is 0 Å². The van der Waals surface area contributed by atoms with E-state index in [1.165, 1.54) is 0 Å². The van der Waals surface area contributed by atoms with Crippen molar-refractivity contribution in [3.8, 4) is 11.6 Å². The van der Waals surface area contributed by atoms with Gasteiger partial charge in [0.15, 0.2) is 5.84 Å². The molecule has 98 valence electrons. The predicted octanol–water partition coefficient (Wildman–Crippen LogP) is 0.540. The van der Waals surface area contributed by atoms with Crippen LogP contribution in [0.5, 0.6) is 11.6 Å². The van der Waals surface area contributed by atoms with Crippen molar-refractivity contribution in [2.75, 3.05) is 5.73 Å². The number of hydrazine groups is 1. The highest BCUT2D eigenvalue weighted by atomic mass is 16.5. The normalized spacial score (nSPS) is 11.1. The largest absolute Gasteiger partial charge is 0.439 e. The van der Waals surface area contributed by atoms with E-state index >= 15 is 0 Å². The fraction of sp³-hybridized carbons (Fsp3) is 0. The molecule has 0 aliphatic carbocycles. The number of ether oxygens (including phenoxy) is 1. The Balaban J connectivity index is 2.32. The topological polar surface area (TPSA) is 125 Å². The maximum absolute atomic E-state index is 5.70. The first-order valence-electron chi connectivity index (χ1n) is 5.48. The number of nitrogens with zero attached hydrogens (tertiary/aromatic N) is 2. The van der Waals surface area contributed by atoms with Crippen molar-refractivity contribution < 1.29 is 4.74 Å². The molecule has 0 amide bonds.